The molecule has 130 heavy (non-hydrogen) atoms. The van der Waals surface area contributed by atoms with E-state index in [4.69, 9.17) is 232 Å². The lowest BCUT2D eigenvalue weighted by atomic mass is 9.82. The molecule has 0 aliphatic heterocycles. The van der Waals surface area contributed by atoms with Gasteiger partial charge in [0, 0.05) is 0 Å². The van der Waals surface area contributed by atoms with Crippen LogP contribution < -0.4 is 0 Å². The summed E-state index contributed by atoms with van der Waals surface area (Å²) in [4.78, 5) is 33.1. The van der Waals surface area contributed by atoms with Crippen molar-refractivity contribution in [1.29, 1.82) is 0 Å². The molecule has 0 aromatic heterocycles. The van der Waals surface area contributed by atoms with Gasteiger partial charge in [-0.05, 0) is 0 Å². The molecule has 0 aromatic carbocycles. The van der Waals surface area contributed by atoms with E-state index in [2.05, 4.69) is 33.0 Å². The first-order valence-electron chi connectivity index (χ1n) is 27.3. The van der Waals surface area contributed by atoms with Crippen LogP contribution in [0.5, 0.6) is 0 Å². The minimum Gasteiger partial charge on any atom is -0.244 e. The van der Waals surface area contributed by atoms with Crippen molar-refractivity contribution in [2.45, 2.75) is 219 Å². The Bertz CT molecular complexity index is 3880. The van der Waals surface area contributed by atoms with E-state index in [0.29, 0.717) is 0 Å². The van der Waals surface area contributed by atoms with Crippen molar-refractivity contribution in [3.8, 4) is 0 Å². The van der Waals surface area contributed by atoms with Crippen LogP contribution in [0, 0.1) is 0 Å². The third-order valence-corrected chi connectivity index (χ3v) is 31.4. The average Bonchev–Trinajstić information content (AvgIpc) is 0.691. The quantitative estimate of drug-likeness (QED) is 0.0265. The second-order valence-corrected chi connectivity index (χ2v) is 38.6. The molecular weight excluding hydrogens is 2510 g/mol. The molecule has 0 fully saturated rings. The van der Waals surface area contributed by atoms with Gasteiger partial charge in [-0.2, -0.15) is 246 Å². The summed E-state index contributed by atoms with van der Waals surface area (Å²) < 4.78 is 810. The lowest BCUT2D eigenvalue weighted by molar-refractivity contribution is -0.485. The number of hydrogen-bond donors (Lipinski definition) is 0. The molecule has 0 aromatic rings. The summed E-state index contributed by atoms with van der Waals surface area (Å²) in [5, 5.41) is -15.9. The topological polar surface area (TPSA) is 52.6 Å². The highest BCUT2D eigenvalue weighted by Gasteiger charge is 3.06. The molecule has 0 amide bonds. The summed E-state index contributed by atoms with van der Waals surface area (Å²) in [6.07, 6.45) is 0. The van der Waals surface area contributed by atoms with Gasteiger partial charge in [-0.25, -0.2) is 36.9 Å². The van der Waals surface area contributed by atoms with Gasteiger partial charge in [0.2, 0.25) is 8.67 Å². The van der Waals surface area contributed by atoms with Crippen molar-refractivity contribution < 1.29 is 283 Å². The van der Waals surface area contributed by atoms with Crippen molar-refractivity contribution in [3.63, 3.8) is 0 Å². The fourth-order valence-electron chi connectivity index (χ4n) is 7.77. The van der Waals surface area contributed by atoms with Crippen LogP contribution >= 0.6 is 255 Å². The van der Waals surface area contributed by atoms with E-state index in [1.807, 2.05) is 0 Å². The maximum absolute atomic E-state index is 16.3. The first kappa shape index (κ1) is 131. The number of rotatable bonds is 42. The Labute approximate surface area is 778 Å². The zero-order valence-corrected chi connectivity index (χ0v) is 71.7. The van der Waals surface area contributed by atoms with Crippen LogP contribution in [0.3, 0.4) is 0 Å². The molecule has 0 N–H and O–H groups in total. The SMILES string of the molecule is O=C(OOC(=O)C(Cl)(Cl)C(Cl)(Cl)C(Cl)(Cl)C(Cl)(Cl)C(Cl)(Cl)C(F)(Cl)C(F)(F)C(F)(F)C(F)(F)C(F)(F)C(F)(F)C(F)(F)C(F)(F)C(F)(F)C(F)(F)C(F)(F)C(F)(F)C(F)(F)C(F)(F)C(F)(F)CF)C(Cl)(Cl)C(Cl)(Cl)C(Cl)(Cl)C(Cl)(Cl)C(Cl)(Cl)C(F)(Cl)C(F)(F)C(F)(F)C(F)(F)C(F)(F)C(F)(F)C(F)(F)C(F)(F)C(F)(F)C(F)(F)C(F)(F)C(F)(F)C(F)(F)C(F)(F)C(F)(F)CF. The summed E-state index contributed by atoms with van der Waals surface area (Å²) in [5.41, 5.74) is 0. The molecule has 0 rings (SSSR count). The van der Waals surface area contributed by atoms with Crippen LogP contribution in [0.2, 0.25) is 0 Å². The van der Waals surface area contributed by atoms with Crippen molar-refractivity contribution in [2.24, 2.45) is 0 Å². The normalized spacial score (nSPS) is 18.0. The fourth-order valence-corrected chi connectivity index (χ4v) is 14.5. The maximum Gasteiger partial charge on any atom is 0.394 e. The van der Waals surface area contributed by atoms with E-state index in [-0.39, 0.29) is 0 Å². The lowest BCUT2D eigenvalue weighted by Crippen LogP contribution is -2.80. The first-order chi connectivity index (χ1) is 54.7. The number of hydrogen-bond acceptors (Lipinski definition) is 4. The number of alkyl halides is 82. The minimum absolute atomic E-state index is 3.37. The Morgan fingerprint density at radius 3 is 0.346 bits per heavy atom. The zero-order chi connectivity index (χ0) is 108. The molecule has 2 atom stereocenters. The van der Waals surface area contributed by atoms with E-state index in [9.17, 15) is 212 Å². The Hall–Kier alpha value is 1.12. The van der Waals surface area contributed by atoms with Gasteiger partial charge in [-0.3, -0.25) is 0 Å². The highest BCUT2D eigenvalue weighted by molar-refractivity contribution is 6.80. The van der Waals surface area contributed by atoms with Crippen LogP contribution in [0.25, 0.3) is 0 Å². The summed E-state index contributed by atoms with van der Waals surface area (Å²) in [6, 6.07) is 0. The smallest absolute Gasteiger partial charge is 0.244 e. The molecule has 0 aliphatic carbocycles. The maximum atomic E-state index is 16.3. The van der Waals surface area contributed by atoms with Crippen molar-refractivity contribution in [2.75, 3.05) is 13.3 Å². The Morgan fingerprint density at radius 1 is 0.146 bits per heavy atom. The molecule has 2 unspecified atom stereocenters. The van der Waals surface area contributed by atoms with Gasteiger partial charge in [0.05, 0.1) is 0 Å². The van der Waals surface area contributed by atoms with Crippen LogP contribution in [0.15, 0.2) is 0 Å². The lowest BCUT2D eigenvalue weighted by Gasteiger charge is -2.52. The van der Waals surface area contributed by atoms with E-state index < -0.39 is 245 Å². The zero-order valence-electron chi connectivity index (χ0n) is 55.0. The first-order valence-corrected chi connectivity index (χ1v) is 35.7. The van der Waals surface area contributed by atoms with Gasteiger partial charge < -0.3 is 0 Å². The van der Waals surface area contributed by atoms with E-state index in [1.54, 1.807) is 0 Å². The van der Waals surface area contributed by atoms with E-state index in [1.165, 1.54) is 0 Å². The standard InChI is InChI=1S/C44H4Cl22F60O4/c45-7(46,9(49,50)11(53,54)13(57,58)15(61,62)17(65,73)21(79,80)25(87,88)29(95,96)33(103,104)37(111,112)41(119,120)43(123,124)39(115,116)35(107,108)31(99,100)27(91,92)23(83,84)19(75,76)5(69,70)1-67)3(127)129-130-4(128)8(47,48)10(51,52)12(55,56)14(59,60)16(63,64)18(66,74)22(81,82)26(89,90)30(97,98)34(105,106)38(113,114)42(121,122)44(125,126)40(117,118)36(109,110)32(101,102)28(93,94)24(85,86)20(77,78)6(71,72)2-68/h1-2H2. The van der Waals surface area contributed by atoms with Crippen LogP contribution in [0.4, 0.5) is 263 Å². The number of halogens is 82. The largest absolute Gasteiger partial charge is 0.394 e. The van der Waals surface area contributed by atoms with Crippen molar-refractivity contribution in [3.05, 3.63) is 0 Å². The van der Waals surface area contributed by atoms with Crippen molar-refractivity contribution in [1.82, 2.24) is 0 Å². The molecule has 0 radical (unpaired) electrons. The van der Waals surface area contributed by atoms with Crippen LogP contribution in [0.1, 0.15) is 0 Å². The predicted molar refractivity (Wildman–Crippen MR) is 326 cm³/mol. The van der Waals surface area contributed by atoms with Gasteiger partial charge in [-0.15, -0.1) is 0 Å². The molecule has 0 heterocycles. The second kappa shape index (κ2) is 34.4. The van der Waals surface area contributed by atoms with Crippen molar-refractivity contribution >= 4 is 267 Å². The van der Waals surface area contributed by atoms with Gasteiger partial charge in [0.1, 0.15) is 0 Å². The van der Waals surface area contributed by atoms with E-state index in [0.717, 1.165) is 0 Å². The fraction of sp³-hybridized carbons (Fsp3) is 0.955. The minimum atomic E-state index is -10.5. The number of carbonyl (C=O) groups excluding carboxylic acids is 2. The molecule has 0 spiro atoms. The molecule has 0 bridgehead atoms. The third-order valence-electron chi connectivity index (χ3n) is 16.2. The Kier molecular flexibility index (Phi) is 34.7. The molecule has 0 saturated carbocycles. The predicted octanol–water partition coefficient (Wildman–Crippen LogP) is 31.3. The third kappa shape index (κ3) is 15.8. The van der Waals surface area contributed by atoms with Crippen LogP contribution in [-0.2, 0) is 19.4 Å². The van der Waals surface area contributed by atoms with Gasteiger partial charge in [0.25, 0.3) is 18.9 Å². The van der Waals surface area contributed by atoms with E-state index >= 15 is 61.5 Å². The monoisotopic (exact) mass is 2510 g/mol. The molecule has 778 valence electrons. The molecule has 86 heteroatoms. The Morgan fingerprint density at radius 2 is 0.238 bits per heavy atom. The number of carbonyl (C=O) groups is 2. The molecular formula is C44H4Cl22F60O4. The molecule has 4 nitrogen and oxygen atoms in total. The second-order valence-electron chi connectivity index (χ2n) is 24.2. The molecule has 0 aliphatic rings. The Balaban J connectivity index is 8.12. The molecule has 0 saturated heterocycles. The summed E-state index contributed by atoms with van der Waals surface area (Å²) in [7, 11) is 0. The highest BCUT2D eigenvalue weighted by atomic mass is 35.6. The van der Waals surface area contributed by atoms with Gasteiger partial charge in [0.15, 0.2) is 39.3 Å². The highest BCUT2D eigenvalue weighted by Crippen LogP contribution is 2.79. The van der Waals surface area contributed by atoms with Gasteiger partial charge >= 0.3 is 178 Å². The van der Waals surface area contributed by atoms with Crippen LogP contribution in [-0.4, -0.2) is 245 Å². The average molecular weight is 2520 g/mol. The summed E-state index contributed by atoms with van der Waals surface area (Å²) in [5.74, 6) is -284. The van der Waals surface area contributed by atoms with Gasteiger partial charge in [-0.1, -0.05) is 255 Å². The summed E-state index contributed by atoms with van der Waals surface area (Å²) in [6.45, 7) is -9.21. The summed E-state index contributed by atoms with van der Waals surface area (Å²) >= 11 is 114.